The molecule has 1 N–H and O–H groups in total. The van der Waals surface area contributed by atoms with Gasteiger partial charge in [0.05, 0.1) is 10.6 Å². The number of carbonyl (C=O) groups excluding carboxylic acids is 2. The molecule has 4 aromatic carbocycles. The van der Waals surface area contributed by atoms with Gasteiger partial charge < -0.3 is 10.2 Å². The van der Waals surface area contributed by atoms with Crippen LogP contribution in [0.4, 0.5) is 5.69 Å². The number of benzene rings is 4. The second-order valence-corrected chi connectivity index (χ2v) is 13.8. The molecule has 242 valence electrons. The second kappa shape index (κ2) is 15.9. The van der Waals surface area contributed by atoms with Gasteiger partial charge in [0.15, 0.2) is 0 Å². The van der Waals surface area contributed by atoms with E-state index in [4.69, 9.17) is 11.6 Å². The van der Waals surface area contributed by atoms with Crippen LogP contribution in [0.2, 0.25) is 5.02 Å². The van der Waals surface area contributed by atoms with Gasteiger partial charge in [-0.15, -0.1) is 0 Å². The molecule has 0 aliphatic carbocycles. The van der Waals surface area contributed by atoms with Crippen molar-refractivity contribution in [2.24, 2.45) is 0 Å². The number of anilines is 1. The smallest absolute Gasteiger partial charge is 0.264 e. The first-order valence-corrected chi connectivity index (χ1v) is 17.3. The zero-order chi connectivity index (χ0) is 33.3. The average Bonchev–Trinajstić information content (AvgIpc) is 3.03. The molecule has 0 fully saturated rings. The molecule has 4 rings (SSSR count). The second-order valence-electron chi connectivity index (χ2n) is 11.6. The Morgan fingerprint density at radius 3 is 2.17 bits per heavy atom. The minimum absolute atomic E-state index is 0.0497. The van der Waals surface area contributed by atoms with Crippen LogP contribution in [0.1, 0.15) is 47.6 Å². The zero-order valence-corrected chi connectivity index (χ0v) is 28.4. The predicted molar refractivity (Wildman–Crippen MR) is 185 cm³/mol. The third-order valence-electron chi connectivity index (χ3n) is 7.93. The quantitative estimate of drug-likeness (QED) is 0.148. The average molecular weight is 660 g/mol. The molecule has 7 nitrogen and oxygen atoms in total. The molecule has 0 aliphatic heterocycles. The van der Waals surface area contributed by atoms with E-state index in [0.29, 0.717) is 22.8 Å². The van der Waals surface area contributed by atoms with Gasteiger partial charge in [0, 0.05) is 24.5 Å². The summed E-state index contributed by atoms with van der Waals surface area (Å²) in [6.45, 7) is 7.67. The van der Waals surface area contributed by atoms with E-state index in [1.165, 1.54) is 17.0 Å². The maximum atomic E-state index is 14.6. The third-order valence-corrected chi connectivity index (χ3v) is 10.1. The fraction of sp³-hybridized carbons (Fsp3) is 0.297. The van der Waals surface area contributed by atoms with Gasteiger partial charge in [0.25, 0.3) is 10.0 Å². The summed E-state index contributed by atoms with van der Waals surface area (Å²) in [4.78, 5) is 30.1. The van der Waals surface area contributed by atoms with Crippen LogP contribution in [0, 0.1) is 20.8 Å². The summed E-state index contributed by atoms with van der Waals surface area (Å²) in [5, 5.41) is 3.39. The highest BCUT2D eigenvalue weighted by Crippen LogP contribution is 2.31. The minimum Gasteiger partial charge on any atom is -0.354 e. The van der Waals surface area contributed by atoms with Crippen LogP contribution in [-0.2, 0) is 32.6 Å². The number of unbranched alkanes of at least 4 members (excludes halogenated alkanes) is 1. The van der Waals surface area contributed by atoms with Gasteiger partial charge in [0.2, 0.25) is 11.8 Å². The number of amides is 2. The number of nitrogens with one attached hydrogen (secondary N) is 1. The van der Waals surface area contributed by atoms with Crippen LogP contribution in [0.15, 0.2) is 102 Å². The number of halogens is 1. The van der Waals surface area contributed by atoms with Crippen molar-refractivity contribution in [3.8, 4) is 0 Å². The first-order valence-electron chi connectivity index (χ1n) is 15.5. The van der Waals surface area contributed by atoms with Crippen LogP contribution in [0.25, 0.3) is 0 Å². The molecule has 0 saturated heterocycles. The molecular weight excluding hydrogens is 618 g/mol. The Labute approximate surface area is 278 Å². The summed E-state index contributed by atoms with van der Waals surface area (Å²) in [6, 6.07) is 27.9. The zero-order valence-electron chi connectivity index (χ0n) is 26.9. The molecule has 0 bridgehead atoms. The predicted octanol–water partition coefficient (Wildman–Crippen LogP) is 7.02. The maximum Gasteiger partial charge on any atom is 0.264 e. The molecule has 4 aromatic rings. The van der Waals surface area contributed by atoms with Crippen molar-refractivity contribution in [3.05, 3.63) is 130 Å². The molecular formula is C37H42ClN3O4S. The summed E-state index contributed by atoms with van der Waals surface area (Å²) in [6.07, 6.45) is 1.96. The van der Waals surface area contributed by atoms with Crippen LogP contribution in [0.5, 0.6) is 0 Å². The summed E-state index contributed by atoms with van der Waals surface area (Å²) in [5.74, 6) is -0.798. The molecule has 46 heavy (non-hydrogen) atoms. The van der Waals surface area contributed by atoms with Crippen LogP contribution in [0.3, 0.4) is 0 Å². The molecule has 0 aliphatic rings. The highest BCUT2D eigenvalue weighted by atomic mass is 35.5. The van der Waals surface area contributed by atoms with E-state index in [-0.39, 0.29) is 23.8 Å². The van der Waals surface area contributed by atoms with Gasteiger partial charge in [-0.25, -0.2) is 8.42 Å². The molecule has 0 spiro atoms. The first-order chi connectivity index (χ1) is 22.0. The number of aryl methyl sites for hydroxylation is 2. The Kier molecular flexibility index (Phi) is 12.0. The lowest BCUT2D eigenvalue weighted by Gasteiger charge is -2.34. The van der Waals surface area contributed by atoms with E-state index in [9.17, 15) is 18.0 Å². The number of carbonyl (C=O) groups is 2. The van der Waals surface area contributed by atoms with Gasteiger partial charge in [-0.05, 0) is 68.1 Å². The Hall–Kier alpha value is -4.14. The molecule has 0 unspecified atom stereocenters. The fourth-order valence-corrected chi connectivity index (χ4v) is 6.93. The highest BCUT2D eigenvalue weighted by molar-refractivity contribution is 7.92. The van der Waals surface area contributed by atoms with Crippen molar-refractivity contribution in [1.82, 2.24) is 10.2 Å². The lowest BCUT2D eigenvalue weighted by molar-refractivity contribution is -0.140. The summed E-state index contributed by atoms with van der Waals surface area (Å²) < 4.78 is 29.7. The van der Waals surface area contributed by atoms with Crippen LogP contribution >= 0.6 is 11.6 Å². The topological polar surface area (TPSA) is 86.8 Å². The van der Waals surface area contributed by atoms with Gasteiger partial charge in [-0.3, -0.25) is 13.9 Å². The van der Waals surface area contributed by atoms with Crippen LogP contribution < -0.4 is 9.62 Å². The van der Waals surface area contributed by atoms with Gasteiger partial charge in [-0.2, -0.15) is 0 Å². The minimum atomic E-state index is -4.21. The van der Waals surface area contributed by atoms with Gasteiger partial charge >= 0.3 is 0 Å². The number of rotatable bonds is 14. The molecule has 1 atom stereocenters. The third kappa shape index (κ3) is 8.77. The fourth-order valence-electron chi connectivity index (χ4n) is 5.28. The molecule has 0 aromatic heterocycles. The summed E-state index contributed by atoms with van der Waals surface area (Å²) >= 11 is 6.47. The van der Waals surface area contributed by atoms with Gasteiger partial charge in [0.1, 0.15) is 12.6 Å². The summed E-state index contributed by atoms with van der Waals surface area (Å²) in [5.41, 5.74) is 4.45. The van der Waals surface area contributed by atoms with Crippen molar-refractivity contribution in [2.45, 2.75) is 64.4 Å². The van der Waals surface area contributed by atoms with Crippen molar-refractivity contribution >= 4 is 39.1 Å². The number of sulfonamides is 1. The van der Waals surface area contributed by atoms with Crippen molar-refractivity contribution in [3.63, 3.8) is 0 Å². The van der Waals surface area contributed by atoms with Gasteiger partial charge in [-0.1, -0.05) is 109 Å². The number of nitrogens with zero attached hydrogens (tertiary/aromatic N) is 2. The number of hydrogen-bond acceptors (Lipinski definition) is 4. The lowest BCUT2D eigenvalue weighted by Crippen LogP contribution is -2.53. The normalized spacial score (nSPS) is 11.9. The van der Waals surface area contributed by atoms with E-state index in [2.05, 4.69) is 5.32 Å². The summed E-state index contributed by atoms with van der Waals surface area (Å²) in [7, 11) is -4.21. The Morgan fingerprint density at radius 2 is 1.50 bits per heavy atom. The van der Waals surface area contributed by atoms with E-state index < -0.39 is 28.5 Å². The van der Waals surface area contributed by atoms with E-state index in [1.807, 2.05) is 75.4 Å². The Balaban J connectivity index is 1.82. The van der Waals surface area contributed by atoms with E-state index in [0.717, 1.165) is 39.4 Å². The van der Waals surface area contributed by atoms with E-state index in [1.54, 1.807) is 37.3 Å². The molecule has 9 heteroatoms. The Bertz CT molecular complexity index is 1740. The van der Waals surface area contributed by atoms with Crippen molar-refractivity contribution in [1.29, 1.82) is 0 Å². The largest absolute Gasteiger partial charge is 0.354 e. The Morgan fingerprint density at radius 1 is 0.826 bits per heavy atom. The number of hydrogen-bond donors (Lipinski definition) is 1. The highest BCUT2D eigenvalue weighted by Gasteiger charge is 2.35. The standard InChI is InChI=1S/C37H42ClN3O4S/c1-5-6-22-39-37(43)35(24-30-13-8-7-9-14-30)40(25-31-15-10-12-28(3)23-31)36(42)26-41(34-17-11-16-33(38)29(34)4)46(44,45)32-20-18-27(2)19-21-32/h7-21,23,35H,5-6,22,24-26H2,1-4H3,(H,39,43)/t35-/m0/s1. The SMILES string of the molecule is CCCCNC(=O)[C@H](Cc1ccccc1)N(Cc1cccc(C)c1)C(=O)CN(c1cccc(Cl)c1C)S(=O)(=O)c1ccc(C)cc1. The van der Waals surface area contributed by atoms with Crippen molar-refractivity contribution in [2.75, 3.05) is 17.4 Å². The monoisotopic (exact) mass is 659 g/mol. The maximum absolute atomic E-state index is 14.6. The molecule has 0 heterocycles. The molecule has 0 saturated carbocycles. The van der Waals surface area contributed by atoms with Crippen molar-refractivity contribution < 1.29 is 18.0 Å². The first kappa shape index (κ1) is 34.7. The molecule has 2 amide bonds. The van der Waals surface area contributed by atoms with E-state index >= 15 is 0 Å². The lowest BCUT2D eigenvalue weighted by atomic mass is 10.0. The molecule has 0 radical (unpaired) electrons. The van der Waals surface area contributed by atoms with Crippen LogP contribution in [-0.4, -0.2) is 44.3 Å².